The Kier molecular flexibility index (Phi) is 2.89. The molecule has 0 spiro atoms. The monoisotopic (exact) mass is 275 g/mol. The molecule has 2 aromatic heterocycles. The Labute approximate surface area is 114 Å². The quantitative estimate of drug-likeness (QED) is 0.795. The fraction of sp³-hybridized carbons (Fsp3) is 0.0769. The van der Waals surface area contributed by atoms with Gasteiger partial charge >= 0.3 is 0 Å². The van der Waals surface area contributed by atoms with E-state index in [0.717, 1.165) is 20.9 Å². The fourth-order valence-electron chi connectivity index (χ4n) is 1.63. The highest BCUT2D eigenvalue weighted by molar-refractivity contribution is 7.19. The molecule has 3 heterocycles. The Morgan fingerprint density at radius 1 is 1.33 bits per heavy atom. The maximum absolute atomic E-state index is 5.91. The molecule has 0 aromatic carbocycles. The molecule has 0 saturated carbocycles. The van der Waals surface area contributed by atoms with E-state index in [1.165, 1.54) is 0 Å². The van der Waals surface area contributed by atoms with E-state index in [0.29, 0.717) is 5.02 Å². The lowest BCUT2D eigenvalue weighted by molar-refractivity contribution is 0.620. The van der Waals surface area contributed by atoms with E-state index in [1.807, 2.05) is 48.6 Å². The first-order chi connectivity index (χ1) is 8.70. The SMILES string of the molecule is CN1C=CC(=Cc2nc3ncc(Cl)cc3s2)C=C1. The van der Waals surface area contributed by atoms with Crippen molar-refractivity contribution in [3.8, 4) is 0 Å². The van der Waals surface area contributed by atoms with Crippen molar-refractivity contribution in [2.45, 2.75) is 0 Å². The molecule has 90 valence electrons. The number of fused-ring (bicyclic) bond motifs is 1. The number of halogens is 1. The van der Waals surface area contributed by atoms with E-state index < -0.39 is 0 Å². The maximum Gasteiger partial charge on any atom is 0.171 e. The van der Waals surface area contributed by atoms with E-state index in [2.05, 4.69) is 9.97 Å². The van der Waals surface area contributed by atoms with Crippen molar-refractivity contribution in [3.05, 3.63) is 52.4 Å². The Bertz CT molecular complexity index is 669. The molecule has 0 saturated heterocycles. The van der Waals surface area contributed by atoms with Crippen LogP contribution in [-0.2, 0) is 0 Å². The average molecular weight is 276 g/mol. The average Bonchev–Trinajstić information content (AvgIpc) is 2.73. The second kappa shape index (κ2) is 4.55. The molecule has 0 unspecified atom stereocenters. The van der Waals surface area contributed by atoms with Crippen LogP contribution in [0.2, 0.25) is 5.02 Å². The van der Waals surface area contributed by atoms with Crippen LogP contribution < -0.4 is 0 Å². The van der Waals surface area contributed by atoms with Gasteiger partial charge in [-0.25, -0.2) is 9.97 Å². The summed E-state index contributed by atoms with van der Waals surface area (Å²) in [5.74, 6) is 0. The zero-order valence-electron chi connectivity index (χ0n) is 9.67. The number of pyridine rings is 1. The third-order valence-corrected chi connectivity index (χ3v) is 3.67. The fourth-order valence-corrected chi connectivity index (χ4v) is 2.78. The summed E-state index contributed by atoms with van der Waals surface area (Å²) in [5.41, 5.74) is 1.87. The van der Waals surface area contributed by atoms with Crippen molar-refractivity contribution in [1.29, 1.82) is 0 Å². The van der Waals surface area contributed by atoms with Crippen molar-refractivity contribution in [2.24, 2.45) is 0 Å². The molecule has 1 aliphatic heterocycles. The van der Waals surface area contributed by atoms with Gasteiger partial charge in [0.2, 0.25) is 0 Å². The molecular weight excluding hydrogens is 266 g/mol. The van der Waals surface area contributed by atoms with Gasteiger partial charge in [0.15, 0.2) is 5.65 Å². The van der Waals surface area contributed by atoms with Crippen LogP contribution in [0.1, 0.15) is 5.01 Å². The lowest BCUT2D eigenvalue weighted by Gasteiger charge is -2.11. The van der Waals surface area contributed by atoms with Crippen LogP contribution in [0, 0.1) is 0 Å². The van der Waals surface area contributed by atoms with Crippen LogP contribution >= 0.6 is 22.9 Å². The first-order valence-electron chi connectivity index (χ1n) is 5.43. The lowest BCUT2D eigenvalue weighted by Crippen LogP contribution is -2.02. The van der Waals surface area contributed by atoms with Gasteiger partial charge in [0.05, 0.1) is 9.72 Å². The number of allylic oxidation sites excluding steroid dienone is 3. The topological polar surface area (TPSA) is 29.0 Å². The lowest BCUT2D eigenvalue weighted by atomic mass is 10.2. The van der Waals surface area contributed by atoms with Crippen molar-refractivity contribution < 1.29 is 0 Å². The summed E-state index contributed by atoms with van der Waals surface area (Å²) >= 11 is 7.50. The largest absolute Gasteiger partial charge is 0.357 e. The standard InChI is InChI=1S/C13H10ClN3S/c1-17-4-2-9(3-5-17)6-12-16-13-11(18-12)7-10(14)8-15-13/h2-8H,1H3. The van der Waals surface area contributed by atoms with E-state index in [4.69, 9.17) is 11.6 Å². The predicted molar refractivity (Wildman–Crippen MR) is 76.4 cm³/mol. The van der Waals surface area contributed by atoms with Gasteiger partial charge in [0.1, 0.15) is 5.01 Å². The molecule has 0 fully saturated rings. The molecule has 0 atom stereocenters. The van der Waals surface area contributed by atoms with Crippen LogP contribution in [0.25, 0.3) is 16.4 Å². The molecule has 1 aliphatic rings. The summed E-state index contributed by atoms with van der Waals surface area (Å²) < 4.78 is 1.01. The Morgan fingerprint density at radius 3 is 2.89 bits per heavy atom. The predicted octanol–water partition coefficient (Wildman–Crippen LogP) is 3.70. The second-order valence-electron chi connectivity index (χ2n) is 3.97. The Balaban J connectivity index is 1.98. The molecule has 0 bridgehead atoms. The molecule has 0 amide bonds. The van der Waals surface area contributed by atoms with Crippen molar-refractivity contribution >= 4 is 39.4 Å². The summed E-state index contributed by atoms with van der Waals surface area (Å²) in [7, 11) is 1.99. The third kappa shape index (κ3) is 2.30. The Hall–Kier alpha value is -1.65. The van der Waals surface area contributed by atoms with Gasteiger partial charge in [-0.15, -0.1) is 11.3 Å². The number of rotatable bonds is 1. The summed E-state index contributed by atoms with van der Waals surface area (Å²) in [6.07, 6.45) is 11.8. The molecule has 0 aliphatic carbocycles. The summed E-state index contributed by atoms with van der Waals surface area (Å²) in [6, 6.07) is 1.89. The van der Waals surface area contributed by atoms with Gasteiger partial charge in [0.25, 0.3) is 0 Å². The van der Waals surface area contributed by atoms with Crippen molar-refractivity contribution in [2.75, 3.05) is 7.05 Å². The van der Waals surface area contributed by atoms with Gasteiger partial charge in [-0.2, -0.15) is 0 Å². The van der Waals surface area contributed by atoms with E-state index in [-0.39, 0.29) is 0 Å². The molecule has 3 nitrogen and oxygen atoms in total. The first kappa shape index (κ1) is 11.4. The minimum absolute atomic E-state index is 0.643. The van der Waals surface area contributed by atoms with Gasteiger partial charge in [-0.1, -0.05) is 11.6 Å². The molecule has 2 aromatic rings. The summed E-state index contributed by atoms with van der Waals surface area (Å²) in [6.45, 7) is 0. The third-order valence-electron chi connectivity index (χ3n) is 2.52. The normalized spacial score (nSPS) is 14.6. The molecule has 5 heteroatoms. The van der Waals surface area contributed by atoms with Crippen LogP contribution in [-0.4, -0.2) is 21.9 Å². The van der Waals surface area contributed by atoms with Gasteiger partial charge in [-0.3, -0.25) is 0 Å². The summed E-state index contributed by atoms with van der Waals surface area (Å²) in [5, 5.41) is 1.58. The number of hydrogen-bond acceptors (Lipinski definition) is 4. The minimum atomic E-state index is 0.643. The number of nitrogens with zero attached hydrogens (tertiary/aromatic N) is 3. The summed E-state index contributed by atoms with van der Waals surface area (Å²) in [4.78, 5) is 10.7. The number of thiazole rings is 1. The minimum Gasteiger partial charge on any atom is -0.357 e. The zero-order valence-corrected chi connectivity index (χ0v) is 11.2. The van der Waals surface area contributed by atoms with E-state index >= 15 is 0 Å². The van der Waals surface area contributed by atoms with Gasteiger partial charge in [-0.05, 0) is 29.9 Å². The molecule has 3 rings (SSSR count). The smallest absolute Gasteiger partial charge is 0.171 e. The maximum atomic E-state index is 5.91. The van der Waals surface area contributed by atoms with Crippen LogP contribution in [0.15, 0.2) is 42.4 Å². The van der Waals surface area contributed by atoms with Crippen LogP contribution in [0.3, 0.4) is 0 Å². The highest BCUT2D eigenvalue weighted by Gasteiger charge is 2.04. The molecule has 0 radical (unpaired) electrons. The van der Waals surface area contributed by atoms with Crippen molar-refractivity contribution in [3.63, 3.8) is 0 Å². The van der Waals surface area contributed by atoms with Gasteiger partial charge < -0.3 is 4.90 Å². The highest BCUT2D eigenvalue weighted by atomic mass is 35.5. The number of hydrogen-bond donors (Lipinski definition) is 0. The van der Waals surface area contributed by atoms with Crippen LogP contribution in [0.4, 0.5) is 0 Å². The van der Waals surface area contributed by atoms with Crippen molar-refractivity contribution in [1.82, 2.24) is 14.9 Å². The van der Waals surface area contributed by atoms with E-state index in [1.54, 1.807) is 17.5 Å². The van der Waals surface area contributed by atoms with Gasteiger partial charge in [0, 0.05) is 25.6 Å². The molecular formula is C13H10ClN3S. The zero-order chi connectivity index (χ0) is 12.5. The second-order valence-corrected chi connectivity index (χ2v) is 5.47. The van der Waals surface area contributed by atoms with Crippen LogP contribution in [0.5, 0.6) is 0 Å². The first-order valence-corrected chi connectivity index (χ1v) is 6.62. The highest BCUT2D eigenvalue weighted by Crippen LogP contribution is 2.25. The molecule has 0 N–H and O–H groups in total. The Morgan fingerprint density at radius 2 is 2.11 bits per heavy atom. The molecule has 18 heavy (non-hydrogen) atoms. The number of aromatic nitrogens is 2. The van der Waals surface area contributed by atoms with E-state index in [9.17, 15) is 0 Å².